The van der Waals surface area contributed by atoms with E-state index in [1.807, 2.05) is 4.90 Å². The molecule has 8 nitrogen and oxygen atoms in total. The Kier molecular flexibility index (Phi) is 3.75. The zero-order valence-electron chi connectivity index (χ0n) is 14.3. The molecule has 8 heteroatoms. The fourth-order valence-corrected chi connectivity index (χ4v) is 3.64. The number of fused-ring (bicyclic) bond motifs is 1. The van der Waals surface area contributed by atoms with Crippen molar-refractivity contribution in [2.45, 2.75) is 18.9 Å². The molecule has 3 heterocycles. The molecule has 0 radical (unpaired) electrons. The minimum Gasteiger partial charge on any atom is -0.356 e. The molecule has 1 fully saturated rings. The molecular formula is C18H18N4O4. The highest BCUT2D eigenvalue weighted by atomic mass is 16.2. The lowest BCUT2D eigenvalue weighted by Crippen LogP contribution is -2.51. The summed E-state index contributed by atoms with van der Waals surface area (Å²) < 4.78 is 0.995. The Morgan fingerprint density at radius 2 is 1.69 bits per heavy atom. The van der Waals surface area contributed by atoms with E-state index in [0.717, 1.165) is 11.0 Å². The van der Waals surface area contributed by atoms with Gasteiger partial charge in [0, 0.05) is 26.2 Å². The fourth-order valence-electron chi connectivity index (χ4n) is 3.64. The number of H-pyrrole nitrogens is 1. The third-order valence-corrected chi connectivity index (χ3v) is 5.06. The van der Waals surface area contributed by atoms with Crippen LogP contribution < -0.4 is 16.1 Å². The monoisotopic (exact) mass is 354 g/mol. The van der Waals surface area contributed by atoms with Crippen LogP contribution in [0.3, 0.4) is 0 Å². The molecule has 0 spiro atoms. The summed E-state index contributed by atoms with van der Waals surface area (Å²) in [4.78, 5) is 54.9. The molecule has 0 unspecified atom stereocenters. The Labute approximate surface area is 148 Å². The summed E-state index contributed by atoms with van der Waals surface area (Å²) in [5, 5.41) is 0. The van der Waals surface area contributed by atoms with E-state index in [9.17, 15) is 19.2 Å². The first-order valence-corrected chi connectivity index (χ1v) is 8.49. The molecule has 0 saturated carbocycles. The summed E-state index contributed by atoms with van der Waals surface area (Å²) in [6, 6.07) is 7.87. The van der Waals surface area contributed by atoms with E-state index in [1.165, 1.54) is 18.0 Å². The van der Waals surface area contributed by atoms with Gasteiger partial charge in [-0.2, -0.15) is 0 Å². The number of aromatic amines is 1. The zero-order valence-corrected chi connectivity index (χ0v) is 14.3. The van der Waals surface area contributed by atoms with E-state index < -0.39 is 11.2 Å². The Bertz CT molecular complexity index is 956. The number of amides is 2. The third kappa shape index (κ3) is 2.45. The number of carbonyl (C=O) groups excluding carboxylic acids is 2. The topological polar surface area (TPSA) is 95.5 Å². The van der Waals surface area contributed by atoms with Crippen molar-refractivity contribution in [1.82, 2.24) is 14.5 Å². The molecule has 2 aromatic rings. The zero-order chi connectivity index (χ0) is 18.4. The van der Waals surface area contributed by atoms with Crippen molar-refractivity contribution in [2.24, 2.45) is 7.05 Å². The molecule has 134 valence electrons. The van der Waals surface area contributed by atoms with Gasteiger partial charge in [-0.1, -0.05) is 12.1 Å². The van der Waals surface area contributed by atoms with Crippen molar-refractivity contribution >= 4 is 17.6 Å². The van der Waals surface area contributed by atoms with Gasteiger partial charge in [0.25, 0.3) is 17.4 Å². The second kappa shape index (κ2) is 5.98. The van der Waals surface area contributed by atoms with Gasteiger partial charge in [-0.15, -0.1) is 0 Å². The van der Waals surface area contributed by atoms with E-state index >= 15 is 0 Å². The first kappa shape index (κ1) is 16.3. The van der Waals surface area contributed by atoms with Crippen molar-refractivity contribution in [1.29, 1.82) is 0 Å². The summed E-state index contributed by atoms with van der Waals surface area (Å²) in [7, 11) is 1.41. The smallest absolute Gasteiger partial charge is 0.329 e. The van der Waals surface area contributed by atoms with Gasteiger partial charge >= 0.3 is 5.69 Å². The molecule has 1 aromatic heterocycles. The number of nitrogens with one attached hydrogen (secondary N) is 1. The first-order chi connectivity index (χ1) is 12.5. The van der Waals surface area contributed by atoms with Crippen molar-refractivity contribution in [3.05, 3.63) is 62.3 Å². The molecule has 2 aliphatic rings. The molecule has 1 N–H and O–H groups in total. The highest BCUT2D eigenvalue weighted by Gasteiger charge is 2.41. The molecule has 26 heavy (non-hydrogen) atoms. The summed E-state index contributed by atoms with van der Waals surface area (Å²) >= 11 is 0. The number of hydrogen-bond acceptors (Lipinski definition) is 5. The lowest BCUT2D eigenvalue weighted by Gasteiger charge is -2.37. The number of hydrogen-bond donors (Lipinski definition) is 1. The van der Waals surface area contributed by atoms with E-state index in [0.29, 0.717) is 36.5 Å². The maximum absolute atomic E-state index is 12.7. The largest absolute Gasteiger partial charge is 0.356 e. The summed E-state index contributed by atoms with van der Waals surface area (Å²) in [5.41, 5.74) is -0.0322. The number of carbonyl (C=O) groups is 2. The highest BCUT2D eigenvalue weighted by molar-refractivity contribution is 6.21. The molecule has 2 aliphatic heterocycles. The van der Waals surface area contributed by atoms with E-state index in [4.69, 9.17) is 0 Å². The number of rotatable bonds is 2. The highest BCUT2D eigenvalue weighted by Crippen LogP contribution is 2.28. The van der Waals surface area contributed by atoms with Crippen molar-refractivity contribution in [2.75, 3.05) is 18.0 Å². The Hall–Kier alpha value is -3.16. The normalized spacial score (nSPS) is 19.8. The van der Waals surface area contributed by atoms with E-state index in [2.05, 4.69) is 4.98 Å². The second-order valence-corrected chi connectivity index (χ2v) is 6.62. The average molecular weight is 354 g/mol. The van der Waals surface area contributed by atoms with Crippen LogP contribution in [0, 0.1) is 0 Å². The lowest BCUT2D eigenvalue weighted by atomic mass is 10.0. The molecular weight excluding hydrogens is 336 g/mol. The van der Waals surface area contributed by atoms with Crippen LogP contribution in [0.15, 0.2) is 39.9 Å². The molecule has 1 aromatic carbocycles. The van der Waals surface area contributed by atoms with Gasteiger partial charge in [-0.25, -0.2) is 4.79 Å². The maximum atomic E-state index is 12.7. The van der Waals surface area contributed by atoms with E-state index in [-0.39, 0.29) is 17.9 Å². The predicted octanol–water partition coefficient (Wildman–Crippen LogP) is 0.339. The lowest BCUT2D eigenvalue weighted by molar-refractivity contribution is 0.0570. The minimum atomic E-state index is -0.490. The Morgan fingerprint density at radius 1 is 1.04 bits per heavy atom. The molecule has 0 bridgehead atoms. The molecule has 1 saturated heterocycles. The van der Waals surface area contributed by atoms with Crippen LogP contribution in [0.5, 0.6) is 0 Å². The molecule has 4 rings (SSSR count). The van der Waals surface area contributed by atoms with Gasteiger partial charge in [0.1, 0.15) is 5.82 Å². The third-order valence-electron chi connectivity index (χ3n) is 5.06. The molecule has 0 aliphatic carbocycles. The van der Waals surface area contributed by atoms with Gasteiger partial charge in [0.2, 0.25) is 0 Å². The number of piperidine rings is 1. The minimum absolute atomic E-state index is 0.282. The fraction of sp³-hybridized carbons (Fsp3) is 0.333. The van der Waals surface area contributed by atoms with Crippen LogP contribution in [-0.4, -0.2) is 45.4 Å². The van der Waals surface area contributed by atoms with Gasteiger partial charge in [-0.3, -0.25) is 28.8 Å². The summed E-state index contributed by atoms with van der Waals surface area (Å²) in [5.74, 6) is -0.149. The Balaban J connectivity index is 1.62. The number of anilines is 1. The van der Waals surface area contributed by atoms with Crippen LogP contribution in [0.2, 0.25) is 0 Å². The van der Waals surface area contributed by atoms with Gasteiger partial charge < -0.3 is 4.90 Å². The predicted molar refractivity (Wildman–Crippen MR) is 94.5 cm³/mol. The number of aromatic nitrogens is 2. The van der Waals surface area contributed by atoms with Gasteiger partial charge in [0.05, 0.1) is 17.2 Å². The maximum Gasteiger partial charge on any atom is 0.329 e. The number of imide groups is 1. The summed E-state index contributed by atoms with van der Waals surface area (Å²) in [6.45, 7) is 1.03. The van der Waals surface area contributed by atoms with Crippen LogP contribution in [-0.2, 0) is 7.05 Å². The molecule has 1 atom stereocenters. The van der Waals surface area contributed by atoms with Crippen LogP contribution in [0.4, 0.5) is 5.82 Å². The van der Waals surface area contributed by atoms with E-state index in [1.54, 1.807) is 24.3 Å². The first-order valence-electron chi connectivity index (χ1n) is 8.49. The van der Waals surface area contributed by atoms with Gasteiger partial charge in [0.15, 0.2) is 0 Å². The quantitative estimate of drug-likeness (QED) is 0.785. The molecule has 2 amide bonds. The van der Waals surface area contributed by atoms with Crippen molar-refractivity contribution in [3.8, 4) is 0 Å². The van der Waals surface area contributed by atoms with Crippen LogP contribution in [0.25, 0.3) is 0 Å². The second-order valence-electron chi connectivity index (χ2n) is 6.62. The van der Waals surface area contributed by atoms with Crippen LogP contribution >= 0.6 is 0 Å². The van der Waals surface area contributed by atoms with Crippen molar-refractivity contribution in [3.63, 3.8) is 0 Å². The summed E-state index contributed by atoms with van der Waals surface area (Å²) in [6.07, 6.45) is 1.44. The SMILES string of the molecule is Cn1c(=O)cc(N2CCC[C@@H](N3C(=O)c4ccccc4C3=O)C2)[nH]c1=O. The van der Waals surface area contributed by atoms with Crippen molar-refractivity contribution < 1.29 is 9.59 Å². The number of benzene rings is 1. The standard InChI is InChI=1S/C18H18N4O4/c1-20-15(23)9-14(19-18(20)26)21-8-4-5-11(10-21)22-16(24)12-6-2-3-7-13(12)17(22)25/h2-3,6-7,9,11H,4-5,8,10H2,1H3,(H,19,26)/t11-/m1/s1. The average Bonchev–Trinajstić information content (AvgIpc) is 2.90. The van der Waals surface area contributed by atoms with Crippen LogP contribution in [0.1, 0.15) is 33.6 Å². The van der Waals surface area contributed by atoms with Gasteiger partial charge in [-0.05, 0) is 25.0 Å². The number of nitrogens with zero attached hydrogens (tertiary/aromatic N) is 3. The Morgan fingerprint density at radius 3 is 2.31 bits per heavy atom.